The van der Waals surface area contributed by atoms with Gasteiger partial charge in [0.1, 0.15) is 5.41 Å². The molecule has 4 rings (SSSR count). The zero-order valence-corrected chi connectivity index (χ0v) is 14.4. The van der Waals surface area contributed by atoms with Crippen LogP contribution in [0.3, 0.4) is 0 Å². The van der Waals surface area contributed by atoms with Gasteiger partial charge in [-0.15, -0.1) is 0 Å². The van der Waals surface area contributed by atoms with Crippen LogP contribution in [-0.4, -0.2) is 29.3 Å². The summed E-state index contributed by atoms with van der Waals surface area (Å²) in [4.78, 5) is 39.9. The predicted molar refractivity (Wildman–Crippen MR) is 93.7 cm³/mol. The number of fused-ring (bicyclic) bond motifs is 1. The van der Waals surface area contributed by atoms with Gasteiger partial charge in [0, 0.05) is 0 Å². The molecule has 1 aliphatic carbocycles. The average Bonchev–Trinajstić information content (AvgIpc) is 3.33. The number of hydrogen-bond acceptors (Lipinski definition) is 4. The topological polar surface area (TPSA) is 63.7 Å². The van der Waals surface area contributed by atoms with Crippen molar-refractivity contribution in [3.63, 3.8) is 0 Å². The Morgan fingerprint density at radius 1 is 1.04 bits per heavy atom. The van der Waals surface area contributed by atoms with Crippen LogP contribution in [0.2, 0.25) is 0 Å². The smallest absolute Gasteiger partial charge is 0.311 e. The Bertz CT molecular complexity index is 864. The van der Waals surface area contributed by atoms with Crippen LogP contribution in [0.5, 0.6) is 0 Å². The zero-order chi connectivity index (χ0) is 18.3. The molecule has 132 valence electrons. The van der Waals surface area contributed by atoms with E-state index in [2.05, 4.69) is 0 Å². The lowest BCUT2D eigenvalue weighted by atomic mass is 9.91. The largest absolute Gasteiger partial charge is 0.466 e. The average molecular weight is 349 g/mol. The highest BCUT2D eigenvalue weighted by molar-refractivity contribution is 6.19. The highest BCUT2D eigenvalue weighted by Crippen LogP contribution is 2.66. The number of carbonyl (C=O) groups is 3. The molecule has 1 heterocycles. The van der Waals surface area contributed by atoms with Crippen LogP contribution in [0, 0.1) is 11.8 Å². The lowest BCUT2D eigenvalue weighted by molar-refractivity contribution is -0.152. The van der Waals surface area contributed by atoms with E-state index >= 15 is 0 Å². The van der Waals surface area contributed by atoms with Gasteiger partial charge in [-0.25, -0.2) is 0 Å². The van der Waals surface area contributed by atoms with Crippen molar-refractivity contribution in [2.24, 2.45) is 11.8 Å². The van der Waals surface area contributed by atoms with Crippen LogP contribution < -0.4 is 0 Å². The summed E-state index contributed by atoms with van der Waals surface area (Å²) in [5, 5.41) is 0. The molecule has 1 saturated carbocycles. The van der Waals surface area contributed by atoms with Crippen LogP contribution in [0.15, 0.2) is 60.7 Å². The molecule has 2 aliphatic rings. The molecule has 0 radical (unpaired) electrons. The molecular formula is C21H19NO4. The van der Waals surface area contributed by atoms with E-state index in [9.17, 15) is 14.4 Å². The summed E-state index contributed by atoms with van der Waals surface area (Å²) in [6.45, 7) is 2.17. The van der Waals surface area contributed by atoms with E-state index in [1.165, 1.54) is 4.90 Å². The molecule has 0 N–H and O–H groups in total. The summed E-state index contributed by atoms with van der Waals surface area (Å²) >= 11 is 0. The van der Waals surface area contributed by atoms with E-state index in [-0.39, 0.29) is 25.0 Å². The second-order valence-electron chi connectivity index (χ2n) is 6.66. The van der Waals surface area contributed by atoms with Gasteiger partial charge in [-0.1, -0.05) is 60.7 Å². The maximum Gasteiger partial charge on any atom is 0.311 e. The van der Waals surface area contributed by atoms with Crippen molar-refractivity contribution >= 4 is 17.8 Å². The van der Waals surface area contributed by atoms with Gasteiger partial charge in [0.15, 0.2) is 0 Å². The Labute approximate surface area is 151 Å². The maximum absolute atomic E-state index is 13.3. The fourth-order valence-electron chi connectivity index (χ4n) is 4.15. The van der Waals surface area contributed by atoms with Crippen molar-refractivity contribution in [3.05, 3.63) is 71.8 Å². The van der Waals surface area contributed by atoms with Gasteiger partial charge in [0.05, 0.1) is 25.0 Å². The fourth-order valence-corrected chi connectivity index (χ4v) is 4.15. The molecule has 3 atom stereocenters. The van der Waals surface area contributed by atoms with E-state index in [1.54, 1.807) is 6.92 Å². The first-order valence-electron chi connectivity index (χ1n) is 8.74. The van der Waals surface area contributed by atoms with Crippen molar-refractivity contribution in [2.75, 3.05) is 6.61 Å². The molecule has 3 unspecified atom stereocenters. The summed E-state index contributed by atoms with van der Waals surface area (Å²) in [6.07, 6.45) is 0. The normalized spacial score (nSPS) is 26.6. The first kappa shape index (κ1) is 16.5. The van der Waals surface area contributed by atoms with E-state index < -0.39 is 23.2 Å². The standard InChI is InChI=1S/C21H19NO4/c1-2-26-19(24)17-16-18(23)22(13-14-9-5-3-6-10-14)20(25)21(16,17)15-11-7-4-8-12-15/h3-12,16-17H,2,13H2,1H3. The SMILES string of the molecule is CCOC(=O)C1C2C(=O)N(Cc3ccccc3)C(=O)C12c1ccccc1. The molecule has 5 nitrogen and oxygen atoms in total. The zero-order valence-electron chi connectivity index (χ0n) is 14.4. The first-order chi connectivity index (χ1) is 12.6. The van der Waals surface area contributed by atoms with Crippen LogP contribution in [0.1, 0.15) is 18.1 Å². The third-order valence-electron chi connectivity index (χ3n) is 5.31. The Balaban J connectivity index is 1.71. The highest BCUT2D eigenvalue weighted by atomic mass is 16.5. The Kier molecular flexibility index (Phi) is 3.87. The van der Waals surface area contributed by atoms with Gasteiger partial charge < -0.3 is 4.74 Å². The Morgan fingerprint density at radius 3 is 2.27 bits per heavy atom. The number of piperidine rings is 1. The van der Waals surface area contributed by atoms with Gasteiger partial charge in [-0.05, 0) is 18.1 Å². The highest BCUT2D eigenvalue weighted by Gasteiger charge is 2.82. The van der Waals surface area contributed by atoms with Crippen molar-refractivity contribution in [1.29, 1.82) is 0 Å². The van der Waals surface area contributed by atoms with Crippen molar-refractivity contribution in [2.45, 2.75) is 18.9 Å². The number of carbonyl (C=O) groups excluding carboxylic acids is 3. The summed E-state index contributed by atoms with van der Waals surface area (Å²) in [7, 11) is 0. The van der Waals surface area contributed by atoms with E-state index in [0.717, 1.165) is 5.56 Å². The minimum atomic E-state index is -1.11. The van der Waals surface area contributed by atoms with Crippen LogP contribution in [0.4, 0.5) is 0 Å². The minimum Gasteiger partial charge on any atom is -0.466 e. The third kappa shape index (κ3) is 2.20. The lowest BCUT2D eigenvalue weighted by Crippen LogP contribution is -2.39. The summed E-state index contributed by atoms with van der Waals surface area (Å²) in [6, 6.07) is 18.5. The molecule has 0 spiro atoms. The lowest BCUT2D eigenvalue weighted by Gasteiger charge is -2.22. The van der Waals surface area contributed by atoms with E-state index in [1.807, 2.05) is 60.7 Å². The molecular weight excluding hydrogens is 330 g/mol. The van der Waals surface area contributed by atoms with Gasteiger partial charge >= 0.3 is 5.97 Å². The fraction of sp³-hybridized carbons (Fsp3) is 0.286. The Hall–Kier alpha value is -2.95. The number of nitrogens with zero attached hydrogens (tertiary/aromatic N) is 1. The van der Waals surface area contributed by atoms with Crippen LogP contribution in [0.25, 0.3) is 0 Å². The van der Waals surface area contributed by atoms with Gasteiger partial charge in [0.25, 0.3) is 0 Å². The summed E-state index contributed by atoms with van der Waals surface area (Å²) in [5.74, 6) is -2.46. The Morgan fingerprint density at radius 2 is 1.65 bits per heavy atom. The number of hydrogen-bond donors (Lipinski definition) is 0. The van der Waals surface area contributed by atoms with Crippen LogP contribution >= 0.6 is 0 Å². The molecule has 0 aromatic heterocycles. The predicted octanol–water partition coefficient (Wildman–Crippen LogP) is 2.30. The number of ether oxygens (including phenoxy) is 1. The van der Waals surface area contributed by atoms with Crippen molar-refractivity contribution < 1.29 is 19.1 Å². The van der Waals surface area contributed by atoms with E-state index in [4.69, 9.17) is 4.74 Å². The van der Waals surface area contributed by atoms with Gasteiger partial charge in [0.2, 0.25) is 11.8 Å². The quantitative estimate of drug-likeness (QED) is 0.614. The molecule has 2 amide bonds. The van der Waals surface area contributed by atoms with Gasteiger partial charge in [-0.3, -0.25) is 19.3 Å². The number of rotatable bonds is 5. The van der Waals surface area contributed by atoms with Crippen molar-refractivity contribution in [3.8, 4) is 0 Å². The molecule has 1 aliphatic heterocycles. The molecule has 26 heavy (non-hydrogen) atoms. The number of amides is 2. The molecule has 2 fully saturated rings. The first-order valence-corrected chi connectivity index (χ1v) is 8.74. The maximum atomic E-state index is 13.3. The number of likely N-dealkylation sites (tertiary alicyclic amines) is 1. The number of benzene rings is 2. The molecule has 5 heteroatoms. The number of esters is 1. The van der Waals surface area contributed by atoms with Crippen molar-refractivity contribution in [1.82, 2.24) is 4.90 Å². The molecule has 0 bridgehead atoms. The molecule has 2 aromatic carbocycles. The second kappa shape index (κ2) is 6.09. The monoisotopic (exact) mass is 349 g/mol. The van der Waals surface area contributed by atoms with Gasteiger partial charge in [-0.2, -0.15) is 0 Å². The third-order valence-corrected chi connectivity index (χ3v) is 5.31. The molecule has 2 aromatic rings. The van der Waals surface area contributed by atoms with Crippen LogP contribution in [-0.2, 0) is 31.1 Å². The second-order valence-corrected chi connectivity index (χ2v) is 6.66. The summed E-state index contributed by atoms with van der Waals surface area (Å²) < 4.78 is 5.14. The summed E-state index contributed by atoms with van der Waals surface area (Å²) in [5.41, 5.74) is 0.475. The molecule has 1 saturated heterocycles. The van der Waals surface area contributed by atoms with E-state index in [0.29, 0.717) is 5.56 Å². The number of imide groups is 1. The minimum absolute atomic E-state index is 0.221.